The van der Waals surface area contributed by atoms with Crippen molar-refractivity contribution in [1.82, 2.24) is 10.2 Å². The molecule has 184 valence electrons. The van der Waals surface area contributed by atoms with Crippen LogP contribution >= 0.6 is 11.6 Å². The van der Waals surface area contributed by atoms with E-state index in [9.17, 15) is 0 Å². The van der Waals surface area contributed by atoms with Crippen molar-refractivity contribution in [1.29, 1.82) is 0 Å². The molecular weight excluding hydrogens is 452 g/mol. The maximum Gasteiger partial charge on any atom is 0.0874 e. The van der Waals surface area contributed by atoms with Crippen LogP contribution in [0.15, 0.2) is 90.6 Å². The Bertz CT molecular complexity index is 1100. The molecule has 4 nitrogen and oxygen atoms in total. The number of rotatable bonds is 10. The van der Waals surface area contributed by atoms with Crippen LogP contribution in [-0.4, -0.2) is 30.7 Å². The highest BCUT2D eigenvalue weighted by atomic mass is 35.5. The molecule has 35 heavy (non-hydrogen) atoms. The van der Waals surface area contributed by atoms with Gasteiger partial charge in [0.15, 0.2) is 0 Å². The molecule has 0 saturated carbocycles. The fraction of sp³-hybridized carbons (Fsp3) is 0.300. The molecule has 0 spiro atoms. The van der Waals surface area contributed by atoms with Crippen LogP contribution < -0.4 is 11.1 Å². The average Bonchev–Trinajstić information content (AvgIpc) is 3.10. The molecule has 5 heteroatoms. The minimum Gasteiger partial charge on any atom is -0.396 e. The van der Waals surface area contributed by atoms with Gasteiger partial charge in [-0.1, -0.05) is 61.2 Å². The summed E-state index contributed by atoms with van der Waals surface area (Å²) in [4.78, 5) is 6.99. The lowest BCUT2D eigenvalue weighted by atomic mass is 9.97. The van der Waals surface area contributed by atoms with E-state index in [-0.39, 0.29) is 0 Å². The van der Waals surface area contributed by atoms with Gasteiger partial charge < -0.3 is 16.0 Å². The highest BCUT2D eigenvalue weighted by Gasteiger charge is 2.17. The number of hydrogen-bond donors (Lipinski definition) is 2. The van der Waals surface area contributed by atoms with Crippen LogP contribution in [0.25, 0.3) is 5.70 Å². The number of hydrogen-bond acceptors (Lipinski definition) is 4. The quantitative estimate of drug-likeness (QED) is 0.208. The molecule has 0 aliphatic carbocycles. The van der Waals surface area contributed by atoms with E-state index in [1.807, 2.05) is 30.3 Å². The van der Waals surface area contributed by atoms with E-state index in [1.165, 1.54) is 25.0 Å². The minimum absolute atomic E-state index is 0.490. The summed E-state index contributed by atoms with van der Waals surface area (Å²) in [7, 11) is 0. The second kappa shape index (κ2) is 13.6. The smallest absolute Gasteiger partial charge is 0.0874 e. The van der Waals surface area contributed by atoms with Crippen molar-refractivity contribution >= 4 is 34.9 Å². The molecule has 1 saturated heterocycles. The Morgan fingerprint density at radius 2 is 2.06 bits per heavy atom. The number of nitrogens with two attached hydrogens (primary N) is 1. The van der Waals surface area contributed by atoms with Crippen LogP contribution in [0.3, 0.4) is 0 Å². The molecule has 2 aromatic rings. The number of para-hydroxylation sites is 1. The monoisotopic (exact) mass is 488 g/mol. The second-order valence-corrected chi connectivity index (χ2v) is 9.27. The summed E-state index contributed by atoms with van der Waals surface area (Å²) in [5.41, 5.74) is 11.4. The van der Waals surface area contributed by atoms with E-state index in [2.05, 4.69) is 65.7 Å². The lowest BCUT2D eigenvalue weighted by Crippen LogP contribution is -2.23. The number of nitrogens with one attached hydrogen (secondary N) is 1. The lowest BCUT2D eigenvalue weighted by Gasteiger charge is -2.24. The van der Waals surface area contributed by atoms with Gasteiger partial charge in [-0.2, -0.15) is 0 Å². The fourth-order valence-electron chi connectivity index (χ4n) is 4.39. The maximum absolute atomic E-state index is 6.09. The van der Waals surface area contributed by atoms with Gasteiger partial charge >= 0.3 is 0 Å². The first-order valence-electron chi connectivity index (χ1n) is 12.3. The maximum atomic E-state index is 6.09. The Kier molecular flexibility index (Phi) is 10.2. The van der Waals surface area contributed by atoms with Crippen LogP contribution in [0.4, 0.5) is 11.4 Å². The fourth-order valence-corrected chi connectivity index (χ4v) is 4.56. The normalized spacial score (nSPS) is 17.0. The summed E-state index contributed by atoms with van der Waals surface area (Å²) in [5.74, 6) is 0.720. The standard InChI is InChI=1S/C30H37ClN4/c1-4-9-27(10-5-2)35-19-8-12-24(17-20-35)16-18-33-23(3)26-13-6-11-25(21-26)22-34-29-15-7-14-28(31)30(29)32/h4-7,9-11,13-15,21-22,24,33H,1,3,8,12,16-20,32H2,2H3/b10-5-,27-9+,34-22?. The number of nitrogen functional groups attached to an aromatic ring is 1. The van der Waals surface area contributed by atoms with Gasteiger partial charge in [-0.25, -0.2) is 0 Å². The number of nitrogens with zero attached hydrogens (tertiary/aromatic N) is 2. The van der Waals surface area contributed by atoms with Crippen LogP contribution in [0.2, 0.25) is 5.02 Å². The first-order chi connectivity index (χ1) is 17.0. The van der Waals surface area contributed by atoms with Crippen LogP contribution in [0.5, 0.6) is 0 Å². The van der Waals surface area contributed by atoms with E-state index in [1.54, 1.807) is 12.3 Å². The van der Waals surface area contributed by atoms with E-state index in [4.69, 9.17) is 17.3 Å². The van der Waals surface area contributed by atoms with Gasteiger partial charge in [0.05, 0.1) is 16.4 Å². The molecule has 0 aromatic heterocycles. The zero-order chi connectivity index (χ0) is 25.0. The molecule has 0 radical (unpaired) electrons. The Labute approximate surface area is 215 Å². The highest BCUT2D eigenvalue weighted by molar-refractivity contribution is 6.33. The molecule has 0 amide bonds. The third kappa shape index (κ3) is 7.90. The first-order valence-corrected chi connectivity index (χ1v) is 12.7. The Hall–Kier alpha value is -3.24. The molecule has 3 N–H and O–H groups in total. The van der Waals surface area contributed by atoms with E-state index < -0.39 is 0 Å². The summed E-state index contributed by atoms with van der Waals surface area (Å²) >= 11 is 6.09. The zero-order valence-corrected chi connectivity index (χ0v) is 21.5. The predicted octanol–water partition coefficient (Wildman–Crippen LogP) is 7.37. The third-order valence-corrected chi connectivity index (χ3v) is 6.68. The minimum atomic E-state index is 0.490. The molecule has 3 rings (SSSR count). The van der Waals surface area contributed by atoms with Gasteiger partial charge in [-0.3, -0.25) is 4.99 Å². The van der Waals surface area contributed by atoms with Crippen molar-refractivity contribution in [3.05, 3.63) is 102 Å². The largest absolute Gasteiger partial charge is 0.396 e. The molecule has 1 unspecified atom stereocenters. The summed E-state index contributed by atoms with van der Waals surface area (Å²) in [6.07, 6.45) is 14.9. The van der Waals surface area contributed by atoms with Crippen LogP contribution in [-0.2, 0) is 0 Å². The Morgan fingerprint density at radius 3 is 2.86 bits per heavy atom. The Morgan fingerprint density at radius 1 is 1.23 bits per heavy atom. The molecule has 1 aliphatic rings. The van der Waals surface area contributed by atoms with Gasteiger partial charge in [0.1, 0.15) is 0 Å². The van der Waals surface area contributed by atoms with Crippen molar-refractivity contribution in [2.24, 2.45) is 10.9 Å². The molecule has 2 aromatic carbocycles. The van der Waals surface area contributed by atoms with Crippen molar-refractivity contribution in [2.75, 3.05) is 25.4 Å². The number of benzene rings is 2. The molecule has 1 fully saturated rings. The average molecular weight is 489 g/mol. The van der Waals surface area contributed by atoms with E-state index in [0.717, 1.165) is 48.8 Å². The summed E-state index contributed by atoms with van der Waals surface area (Å²) in [6.45, 7) is 13.3. The van der Waals surface area contributed by atoms with Crippen LogP contribution in [0.1, 0.15) is 43.7 Å². The first kappa shape index (κ1) is 26.4. The molecule has 0 bridgehead atoms. The SMILES string of the molecule is C=C/C=C(\C=C/C)N1CCCC(CCNC(=C)c2cccc(C=Nc3cccc(Cl)c3N)c2)CC1. The molecular formula is C30H37ClN4. The summed E-state index contributed by atoms with van der Waals surface area (Å²) < 4.78 is 0. The van der Waals surface area contributed by atoms with Gasteiger partial charge in [0.25, 0.3) is 0 Å². The second-order valence-electron chi connectivity index (χ2n) is 8.86. The summed E-state index contributed by atoms with van der Waals surface area (Å²) in [6, 6.07) is 13.6. The predicted molar refractivity (Wildman–Crippen MR) is 153 cm³/mol. The van der Waals surface area contributed by atoms with Crippen molar-refractivity contribution < 1.29 is 0 Å². The number of halogens is 1. The van der Waals surface area contributed by atoms with Gasteiger partial charge in [0.2, 0.25) is 0 Å². The van der Waals surface area contributed by atoms with Crippen LogP contribution in [0, 0.1) is 5.92 Å². The molecule has 1 aliphatic heterocycles. The van der Waals surface area contributed by atoms with Crippen molar-refractivity contribution in [3.8, 4) is 0 Å². The molecule has 1 heterocycles. The number of likely N-dealkylation sites (tertiary alicyclic amines) is 1. The van der Waals surface area contributed by atoms with Crippen molar-refractivity contribution in [2.45, 2.75) is 32.6 Å². The van der Waals surface area contributed by atoms with E-state index in [0.29, 0.717) is 16.4 Å². The zero-order valence-electron chi connectivity index (χ0n) is 20.7. The third-order valence-electron chi connectivity index (χ3n) is 6.35. The molecule has 1 atom stereocenters. The van der Waals surface area contributed by atoms with E-state index >= 15 is 0 Å². The topological polar surface area (TPSA) is 53.6 Å². The number of aliphatic imine (C=N–C) groups is 1. The van der Waals surface area contributed by atoms with Gasteiger partial charge in [-0.15, -0.1) is 0 Å². The van der Waals surface area contributed by atoms with Crippen molar-refractivity contribution in [3.63, 3.8) is 0 Å². The number of allylic oxidation sites excluding steroid dienone is 4. The Balaban J connectivity index is 1.51. The summed E-state index contributed by atoms with van der Waals surface area (Å²) in [5, 5.41) is 4.05. The van der Waals surface area contributed by atoms with Gasteiger partial charge in [-0.05, 0) is 80.0 Å². The highest BCUT2D eigenvalue weighted by Crippen LogP contribution is 2.29. The van der Waals surface area contributed by atoms with Gasteiger partial charge in [0, 0.05) is 37.2 Å². The number of anilines is 1. The lowest BCUT2D eigenvalue weighted by molar-refractivity contribution is 0.356.